The van der Waals surface area contributed by atoms with E-state index in [1.807, 2.05) is 12.3 Å². The molecule has 1 atom stereocenters. The molecule has 1 unspecified atom stereocenters. The molecule has 106 valence electrons. The highest BCUT2D eigenvalue weighted by Crippen LogP contribution is 2.27. The monoisotopic (exact) mass is 310 g/mol. The quantitative estimate of drug-likeness (QED) is 0.830. The minimum Gasteiger partial charge on any atom is -0.483 e. The van der Waals surface area contributed by atoms with Gasteiger partial charge in [0, 0.05) is 10.9 Å². The summed E-state index contributed by atoms with van der Waals surface area (Å²) in [6.45, 7) is 2.03. The van der Waals surface area contributed by atoms with Crippen molar-refractivity contribution >= 4 is 28.8 Å². The Kier molecular flexibility index (Phi) is 4.98. The topological polar surface area (TPSA) is 65.2 Å². The molecule has 0 saturated heterocycles. The minimum absolute atomic E-state index is 0.114. The maximum atomic E-state index is 11.0. The molecule has 0 aliphatic heterocycles. The largest absolute Gasteiger partial charge is 0.483 e. The molecule has 1 heterocycles. The van der Waals surface area contributed by atoms with Gasteiger partial charge in [-0.05, 0) is 30.7 Å². The van der Waals surface area contributed by atoms with Gasteiger partial charge in [-0.15, -0.1) is 22.9 Å². The fraction of sp³-hybridized carbons (Fsp3) is 0.286. The first kappa shape index (κ1) is 14.8. The van der Waals surface area contributed by atoms with E-state index in [1.165, 1.54) is 11.3 Å². The summed E-state index contributed by atoms with van der Waals surface area (Å²) >= 11 is 7.29. The summed E-state index contributed by atoms with van der Waals surface area (Å²) in [5, 5.41) is 2.84. The van der Waals surface area contributed by atoms with Gasteiger partial charge in [-0.25, -0.2) is 4.98 Å². The maximum absolute atomic E-state index is 11.0. The fourth-order valence-corrected chi connectivity index (χ4v) is 2.86. The van der Waals surface area contributed by atoms with E-state index in [9.17, 15) is 4.79 Å². The molecule has 20 heavy (non-hydrogen) atoms. The van der Waals surface area contributed by atoms with Gasteiger partial charge < -0.3 is 10.5 Å². The van der Waals surface area contributed by atoms with Gasteiger partial charge in [-0.2, -0.15) is 0 Å². The van der Waals surface area contributed by atoms with Crippen LogP contribution in [0.1, 0.15) is 40.5 Å². The van der Waals surface area contributed by atoms with E-state index in [0.717, 1.165) is 17.1 Å². The summed E-state index contributed by atoms with van der Waals surface area (Å²) in [5.41, 5.74) is 6.52. The molecular formula is C14H15ClN2O2S. The lowest BCUT2D eigenvalue weighted by Crippen LogP contribution is -2.11. The van der Waals surface area contributed by atoms with Crippen molar-refractivity contribution < 1.29 is 9.53 Å². The van der Waals surface area contributed by atoms with Gasteiger partial charge >= 0.3 is 0 Å². The van der Waals surface area contributed by atoms with Crippen LogP contribution in [0.5, 0.6) is 5.75 Å². The highest BCUT2D eigenvalue weighted by molar-refractivity contribution is 7.09. The average molecular weight is 311 g/mol. The van der Waals surface area contributed by atoms with Crippen molar-refractivity contribution in [2.75, 3.05) is 0 Å². The van der Waals surface area contributed by atoms with Crippen LogP contribution in [0.2, 0.25) is 0 Å². The predicted octanol–water partition coefficient (Wildman–Crippen LogP) is 3.51. The first-order chi connectivity index (χ1) is 9.63. The van der Waals surface area contributed by atoms with E-state index in [4.69, 9.17) is 22.1 Å². The first-order valence-corrected chi connectivity index (χ1v) is 7.62. The SMILES string of the molecule is CCC(Oc1ccc(C(N)=O)cc1)c1nc(CCl)cs1. The van der Waals surface area contributed by atoms with Crippen LogP contribution in [0.25, 0.3) is 0 Å². The smallest absolute Gasteiger partial charge is 0.248 e. The Morgan fingerprint density at radius 1 is 1.45 bits per heavy atom. The Bertz CT molecular complexity index is 583. The van der Waals surface area contributed by atoms with Gasteiger partial charge in [-0.3, -0.25) is 4.79 Å². The molecule has 2 rings (SSSR count). The first-order valence-electron chi connectivity index (χ1n) is 6.20. The number of ether oxygens (including phenoxy) is 1. The molecule has 0 saturated carbocycles. The van der Waals surface area contributed by atoms with Gasteiger partial charge in [0.1, 0.15) is 16.9 Å². The second kappa shape index (κ2) is 6.72. The molecule has 0 aliphatic carbocycles. The standard InChI is InChI=1S/C14H15ClN2O2S/c1-2-12(14-17-10(7-15)8-20-14)19-11-5-3-9(4-6-11)13(16)18/h3-6,8,12H,2,7H2,1H3,(H2,16,18). The van der Waals surface area contributed by atoms with Crippen LogP contribution in [0, 0.1) is 0 Å². The fourth-order valence-electron chi connectivity index (χ4n) is 1.70. The Morgan fingerprint density at radius 2 is 2.15 bits per heavy atom. The van der Waals surface area contributed by atoms with E-state index in [2.05, 4.69) is 4.98 Å². The summed E-state index contributed by atoms with van der Waals surface area (Å²) < 4.78 is 5.89. The predicted molar refractivity (Wildman–Crippen MR) is 80.3 cm³/mol. The van der Waals surface area contributed by atoms with Gasteiger partial charge in [-0.1, -0.05) is 6.92 Å². The van der Waals surface area contributed by atoms with Crippen molar-refractivity contribution in [3.05, 3.63) is 45.9 Å². The Morgan fingerprint density at radius 3 is 2.65 bits per heavy atom. The lowest BCUT2D eigenvalue weighted by molar-refractivity contribution is 0.1000. The lowest BCUT2D eigenvalue weighted by atomic mass is 10.2. The van der Waals surface area contributed by atoms with Crippen molar-refractivity contribution in [1.29, 1.82) is 0 Å². The van der Waals surface area contributed by atoms with Crippen LogP contribution >= 0.6 is 22.9 Å². The minimum atomic E-state index is -0.449. The number of alkyl halides is 1. The molecule has 6 heteroatoms. The number of carbonyl (C=O) groups is 1. The number of amides is 1. The number of thiazole rings is 1. The number of hydrogen-bond acceptors (Lipinski definition) is 4. The normalized spacial score (nSPS) is 12.1. The number of nitrogens with two attached hydrogens (primary N) is 1. The van der Waals surface area contributed by atoms with Gasteiger partial charge in [0.25, 0.3) is 0 Å². The Hall–Kier alpha value is -1.59. The molecular weight excluding hydrogens is 296 g/mol. The Balaban J connectivity index is 2.11. The van der Waals surface area contributed by atoms with Gasteiger partial charge in [0.15, 0.2) is 0 Å². The van der Waals surface area contributed by atoms with Crippen molar-refractivity contribution in [3.63, 3.8) is 0 Å². The lowest BCUT2D eigenvalue weighted by Gasteiger charge is -2.15. The van der Waals surface area contributed by atoms with Crippen LogP contribution < -0.4 is 10.5 Å². The van der Waals surface area contributed by atoms with Gasteiger partial charge in [0.2, 0.25) is 5.91 Å². The zero-order valence-electron chi connectivity index (χ0n) is 11.0. The number of carbonyl (C=O) groups excluding carboxylic acids is 1. The van der Waals surface area contributed by atoms with Crippen molar-refractivity contribution in [1.82, 2.24) is 4.98 Å². The van der Waals surface area contributed by atoms with E-state index in [1.54, 1.807) is 24.3 Å². The molecule has 1 aromatic carbocycles. The number of hydrogen-bond donors (Lipinski definition) is 1. The molecule has 2 N–H and O–H groups in total. The summed E-state index contributed by atoms with van der Waals surface area (Å²) in [5.74, 6) is 0.639. The summed E-state index contributed by atoms with van der Waals surface area (Å²) in [6, 6.07) is 6.77. The number of aromatic nitrogens is 1. The molecule has 0 fully saturated rings. The molecule has 0 radical (unpaired) electrons. The summed E-state index contributed by atoms with van der Waals surface area (Å²) in [7, 11) is 0. The highest BCUT2D eigenvalue weighted by Gasteiger charge is 2.15. The highest BCUT2D eigenvalue weighted by atomic mass is 35.5. The zero-order valence-corrected chi connectivity index (χ0v) is 12.6. The average Bonchev–Trinajstić information content (AvgIpc) is 2.94. The van der Waals surface area contributed by atoms with E-state index >= 15 is 0 Å². The molecule has 1 aromatic heterocycles. The third-order valence-electron chi connectivity index (χ3n) is 2.77. The van der Waals surface area contributed by atoms with E-state index in [-0.39, 0.29) is 6.10 Å². The number of rotatable bonds is 6. The number of primary amides is 1. The van der Waals surface area contributed by atoms with Crippen molar-refractivity contribution in [2.45, 2.75) is 25.3 Å². The van der Waals surface area contributed by atoms with Crippen molar-refractivity contribution in [3.8, 4) is 5.75 Å². The molecule has 0 spiro atoms. The maximum Gasteiger partial charge on any atom is 0.248 e. The van der Waals surface area contributed by atoms with Crippen molar-refractivity contribution in [2.24, 2.45) is 5.73 Å². The molecule has 4 nitrogen and oxygen atoms in total. The van der Waals surface area contributed by atoms with Crippen LogP contribution in [0.4, 0.5) is 0 Å². The number of nitrogens with zero attached hydrogens (tertiary/aromatic N) is 1. The van der Waals surface area contributed by atoms with Crippen LogP contribution in [-0.4, -0.2) is 10.9 Å². The van der Waals surface area contributed by atoms with Crippen LogP contribution in [0.3, 0.4) is 0 Å². The van der Waals surface area contributed by atoms with Crippen LogP contribution in [0.15, 0.2) is 29.6 Å². The second-order valence-electron chi connectivity index (χ2n) is 4.21. The summed E-state index contributed by atoms with van der Waals surface area (Å²) in [6.07, 6.45) is 0.684. The molecule has 0 aliphatic rings. The zero-order chi connectivity index (χ0) is 14.5. The third-order valence-corrected chi connectivity index (χ3v) is 4.03. The van der Waals surface area contributed by atoms with Gasteiger partial charge in [0.05, 0.1) is 11.6 Å². The van der Waals surface area contributed by atoms with E-state index in [0.29, 0.717) is 17.2 Å². The molecule has 2 aromatic rings. The Labute approximate surface area is 126 Å². The third kappa shape index (κ3) is 3.49. The molecule has 1 amide bonds. The number of halogens is 1. The summed E-state index contributed by atoms with van der Waals surface area (Å²) in [4.78, 5) is 15.4. The second-order valence-corrected chi connectivity index (χ2v) is 5.37. The molecule has 0 bridgehead atoms. The number of benzene rings is 1. The van der Waals surface area contributed by atoms with E-state index < -0.39 is 5.91 Å². The van der Waals surface area contributed by atoms with Crippen LogP contribution in [-0.2, 0) is 5.88 Å².